The molecule has 0 unspecified atom stereocenters. The number of rotatable bonds is 2. The van der Waals surface area contributed by atoms with Crippen molar-refractivity contribution in [3.05, 3.63) is 39.4 Å². The van der Waals surface area contributed by atoms with Crippen LogP contribution in [0.25, 0.3) is 6.08 Å². The van der Waals surface area contributed by atoms with Gasteiger partial charge in [-0.2, -0.15) is 0 Å². The quantitative estimate of drug-likeness (QED) is 0.617. The summed E-state index contributed by atoms with van der Waals surface area (Å²) in [6, 6.07) is 2.25. The van der Waals surface area contributed by atoms with Crippen molar-refractivity contribution in [1.82, 2.24) is 0 Å². The zero-order valence-electron chi connectivity index (χ0n) is 8.68. The molecule has 0 fully saturated rings. The van der Waals surface area contributed by atoms with Crippen LogP contribution in [0.3, 0.4) is 0 Å². The van der Waals surface area contributed by atoms with Crippen LogP contribution in [0.15, 0.2) is 22.2 Å². The fraction of sp³-hybridized carbons (Fsp3) is 0.182. The van der Waals surface area contributed by atoms with Gasteiger partial charge in [0.25, 0.3) is 0 Å². The van der Waals surface area contributed by atoms with Gasteiger partial charge in [0.2, 0.25) is 0 Å². The molecule has 0 N–H and O–H groups in total. The van der Waals surface area contributed by atoms with E-state index < -0.39 is 17.6 Å². The number of hydrogen-bond donors (Lipinski definition) is 0. The number of benzene rings is 1. The van der Waals surface area contributed by atoms with E-state index in [1.807, 2.05) is 0 Å². The number of esters is 1. The molecule has 0 aliphatic carbocycles. The Bertz CT molecular complexity index is 432. The van der Waals surface area contributed by atoms with E-state index in [-0.39, 0.29) is 11.1 Å². The van der Waals surface area contributed by atoms with Crippen LogP contribution in [0.1, 0.15) is 12.5 Å². The molecule has 0 radical (unpaired) electrons. The Labute approximate surface area is 100 Å². The van der Waals surface area contributed by atoms with Gasteiger partial charge in [-0.3, -0.25) is 0 Å². The number of halogens is 3. The Kier molecular flexibility index (Phi) is 4.18. The molecule has 1 aromatic rings. The van der Waals surface area contributed by atoms with E-state index in [4.69, 9.17) is 0 Å². The molecule has 0 spiro atoms. The highest BCUT2D eigenvalue weighted by atomic mass is 79.9. The second-order valence-corrected chi connectivity index (χ2v) is 4.02. The molecule has 0 aliphatic rings. The second kappa shape index (κ2) is 5.21. The van der Waals surface area contributed by atoms with Crippen molar-refractivity contribution in [2.75, 3.05) is 7.11 Å². The molecule has 1 rings (SSSR count). The smallest absolute Gasteiger partial charge is 0.333 e. The molecule has 0 bridgehead atoms. The van der Waals surface area contributed by atoms with E-state index in [2.05, 4.69) is 20.7 Å². The summed E-state index contributed by atoms with van der Waals surface area (Å²) in [6.45, 7) is 1.42. The van der Waals surface area contributed by atoms with Gasteiger partial charge < -0.3 is 4.74 Å². The first-order chi connectivity index (χ1) is 7.45. The highest BCUT2D eigenvalue weighted by Gasteiger charge is 2.11. The third-order valence-electron chi connectivity index (χ3n) is 1.91. The first kappa shape index (κ1) is 12.8. The minimum atomic E-state index is -0.741. The lowest BCUT2D eigenvalue weighted by molar-refractivity contribution is -0.135. The number of ether oxygens (including phenoxy) is 1. The molecule has 0 atom stereocenters. The predicted molar refractivity (Wildman–Crippen MR) is 59.7 cm³/mol. The topological polar surface area (TPSA) is 26.3 Å². The van der Waals surface area contributed by atoms with Gasteiger partial charge in [-0.05, 0) is 25.1 Å². The third kappa shape index (κ3) is 2.88. The van der Waals surface area contributed by atoms with E-state index in [0.717, 1.165) is 18.2 Å². The summed E-state index contributed by atoms with van der Waals surface area (Å²) in [5, 5.41) is 0. The molecule has 0 saturated carbocycles. The van der Waals surface area contributed by atoms with Crippen molar-refractivity contribution in [3.63, 3.8) is 0 Å². The van der Waals surface area contributed by atoms with Crippen LogP contribution in [-0.4, -0.2) is 13.1 Å². The Morgan fingerprint density at radius 2 is 1.88 bits per heavy atom. The maximum absolute atomic E-state index is 13.4. The highest BCUT2D eigenvalue weighted by Crippen LogP contribution is 2.21. The van der Waals surface area contributed by atoms with Crippen molar-refractivity contribution in [3.8, 4) is 0 Å². The van der Waals surface area contributed by atoms with Gasteiger partial charge in [0.1, 0.15) is 11.6 Å². The van der Waals surface area contributed by atoms with Crippen molar-refractivity contribution < 1.29 is 18.3 Å². The SMILES string of the molecule is COC(=O)/C(C)=C\c1c(F)cc(Br)cc1F. The van der Waals surface area contributed by atoms with E-state index in [1.54, 1.807) is 0 Å². The molecular weight excluding hydrogens is 282 g/mol. The first-order valence-corrected chi connectivity index (χ1v) is 5.16. The third-order valence-corrected chi connectivity index (χ3v) is 2.37. The molecule has 0 saturated heterocycles. The van der Waals surface area contributed by atoms with Gasteiger partial charge in [-0.15, -0.1) is 0 Å². The van der Waals surface area contributed by atoms with Crippen molar-refractivity contribution in [1.29, 1.82) is 0 Å². The average molecular weight is 291 g/mol. The molecule has 0 amide bonds. The summed E-state index contributed by atoms with van der Waals surface area (Å²) in [7, 11) is 1.20. The van der Waals surface area contributed by atoms with Crippen LogP contribution in [0, 0.1) is 11.6 Å². The fourth-order valence-corrected chi connectivity index (χ4v) is 1.53. The van der Waals surface area contributed by atoms with Gasteiger partial charge >= 0.3 is 5.97 Å². The molecule has 0 heterocycles. The monoisotopic (exact) mass is 290 g/mol. The maximum Gasteiger partial charge on any atom is 0.333 e. The average Bonchev–Trinajstić information content (AvgIpc) is 2.21. The summed E-state index contributed by atoms with van der Waals surface area (Å²) in [4.78, 5) is 11.1. The molecule has 5 heteroatoms. The molecule has 2 nitrogen and oxygen atoms in total. The van der Waals surface area contributed by atoms with Crippen molar-refractivity contribution in [2.45, 2.75) is 6.92 Å². The Balaban J connectivity index is 3.20. The molecule has 0 aromatic heterocycles. The summed E-state index contributed by atoms with van der Waals surface area (Å²) in [6.07, 6.45) is 1.11. The minimum absolute atomic E-state index is 0.127. The normalized spacial score (nSPS) is 11.4. The predicted octanol–water partition coefficient (Wildman–Crippen LogP) is 3.30. The van der Waals surface area contributed by atoms with Gasteiger partial charge in [-0.25, -0.2) is 13.6 Å². The fourth-order valence-electron chi connectivity index (χ4n) is 1.13. The molecule has 0 aliphatic heterocycles. The summed E-state index contributed by atoms with van der Waals surface area (Å²) < 4.78 is 31.5. The lowest BCUT2D eigenvalue weighted by atomic mass is 10.1. The summed E-state index contributed by atoms with van der Waals surface area (Å²) in [5.74, 6) is -2.10. The lowest BCUT2D eigenvalue weighted by Crippen LogP contribution is -2.02. The van der Waals surface area contributed by atoms with Gasteiger partial charge in [0.15, 0.2) is 0 Å². The van der Waals surface area contributed by atoms with Crippen LogP contribution < -0.4 is 0 Å². The summed E-state index contributed by atoms with van der Waals surface area (Å²) in [5.41, 5.74) is -0.131. The van der Waals surface area contributed by atoms with Crippen molar-refractivity contribution >= 4 is 28.0 Å². The standard InChI is InChI=1S/C11H9BrF2O2/c1-6(11(15)16-2)3-8-9(13)4-7(12)5-10(8)14/h3-5H,1-2H3/b6-3-. The number of carbonyl (C=O) groups is 1. The molecule has 1 aromatic carbocycles. The summed E-state index contributed by atoms with van der Waals surface area (Å²) >= 11 is 2.96. The van der Waals surface area contributed by atoms with Crippen molar-refractivity contribution in [2.24, 2.45) is 0 Å². The highest BCUT2D eigenvalue weighted by molar-refractivity contribution is 9.10. The van der Waals surface area contributed by atoms with Gasteiger partial charge in [-0.1, -0.05) is 15.9 Å². The largest absolute Gasteiger partial charge is 0.466 e. The lowest BCUT2D eigenvalue weighted by Gasteiger charge is -2.03. The zero-order chi connectivity index (χ0) is 12.3. The zero-order valence-corrected chi connectivity index (χ0v) is 10.3. The molecule has 86 valence electrons. The van der Waals surface area contributed by atoms with Crippen LogP contribution in [0.4, 0.5) is 8.78 Å². The number of carbonyl (C=O) groups excluding carboxylic acids is 1. The minimum Gasteiger partial charge on any atom is -0.466 e. The van der Waals surface area contributed by atoms with E-state index in [0.29, 0.717) is 4.47 Å². The number of hydrogen-bond acceptors (Lipinski definition) is 2. The molecular formula is C11H9BrF2O2. The van der Waals surface area contributed by atoms with Crippen LogP contribution in [0.5, 0.6) is 0 Å². The van der Waals surface area contributed by atoms with E-state index in [1.165, 1.54) is 14.0 Å². The maximum atomic E-state index is 13.4. The Morgan fingerprint density at radius 1 is 1.38 bits per heavy atom. The van der Waals surface area contributed by atoms with Crippen LogP contribution >= 0.6 is 15.9 Å². The Morgan fingerprint density at radius 3 is 2.31 bits per heavy atom. The Hall–Kier alpha value is -1.23. The second-order valence-electron chi connectivity index (χ2n) is 3.10. The molecule has 16 heavy (non-hydrogen) atoms. The van der Waals surface area contributed by atoms with Crippen LogP contribution in [0.2, 0.25) is 0 Å². The van der Waals surface area contributed by atoms with E-state index >= 15 is 0 Å². The van der Waals surface area contributed by atoms with Crippen LogP contribution in [-0.2, 0) is 9.53 Å². The number of methoxy groups -OCH3 is 1. The first-order valence-electron chi connectivity index (χ1n) is 4.37. The van der Waals surface area contributed by atoms with Gasteiger partial charge in [0.05, 0.1) is 7.11 Å². The van der Waals surface area contributed by atoms with Gasteiger partial charge in [0, 0.05) is 15.6 Å². The van der Waals surface area contributed by atoms with E-state index in [9.17, 15) is 13.6 Å².